The van der Waals surface area contributed by atoms with Crippen LogP contribution in [0.4, 0.5) is 5.69 Å². The van der Waals surface area contributed by atoms with E-state index in [1.807, 2.05) is 32.0 Å². The van der Waals surface area contributed by atoms with Crippen LogP contribution in [0.3, 0.4) is 0 Å². The molecule has 4 nitrogen and oxygen atoms in total. The Balaban J connectivity index is 2.21. The van der Waals surface area contributed by atoms with Gasteiger partial charge >= 0.3 is 0 Å². The number of anilines is 1. The number of nitrogens with one attached hydrogen (secondary N) is 1. The van der Waals surface area contributed by atoms with E-state index in [0.717, 1.165) is 27.9 Å². The summed E-state index contributed by atoms with van der Waals surface area (Å²) < 4.78 is 0. The second kappa shape index (κ2) is 5.46. The Morgan fingerprint density at radius 1 is 1.09 bits per heavy atom. The number of hydrogen-bond donors (Lipinski definition) is 3. The number of benzene rings is 2. The van der Waals surface area contributed by atoms with Gasteiger partial charge in [0.1, 0.15) is 5.75 Å². The molecular weight excluding hydrogens is 276 g/mol. The molecule has 1 aliphatic carbocycles. The Kier molecular flexibility index (Phi) is 3.62. The van der Waals surface area contributed by atoms with E-state index in [0.29, 0.717) is 30.6 Å². The molecule has 4 N–H and O–H groups in total. The third-order valence-corrected chi connectivity index (χ3v) is 4.34. The Morgan fingerprint density at radius 2 is 1.73 bits per heavy atom. The molecule has 0 aliphatic heterocycles. The van der Waals surface area contributed by atoms with Crippen LogP contribution in [-0.4, -0.2) is 24.0 Å². The fourth-order valence-corrected chi connectivity index (χ4v) is 3.12. The lowest BCUT2D eigenvalue weighted by molar-refractivity contribution is 0.103. The molecule has 1 aliphatic rings. The average Bonchev–Trinajstić information content (AvgIpc) is 2.50. The molecule has 0 unspecified atom stereocenters. The number of aromatic hydroxyl groups is 1. The lowest BCUT2D eigenvalue weighted by Crippen LogP contribution is -2.21. The molecule has 4 heteroatoms. The summed E-state index contributed by atoms with van der Waals surface area (Å²) in [7, 11) is 0. The van der Waals surface area contributed by atoms with Crippen LogP contribution in [0.25, 0.3) is 0 Å². The maximum atomic E-state index is 13.0. The van der Waals surface area contributed by atoms with Crippen molar-refractivity contribution in [3.63, 3.8) is 0 Å². The maximum absolute atomic E-state index is 13.0. The van der Waals surface area contributed by atoms with E-state index >= 15 is 0 Å². The van der Waals surface area contributed by atoms with Crippen LogP contribution in [0, 0.1) is 13.8 Å². The molecule has 0 saturated heterocycles. The van der Waals surface area contributed by atoms with Crippen molar-refractivity contribution in [1.82, 2.24) is 0 Å². The number of aryl methyl sites for hydroxylation is 2. The van der Waals surface area contributed by atoms with Crippen LogP contribution in [-0.2, 0) is 6.42 Å². The highest BCUT2D eigenvalue weighted by Gasteiger charge is 2.30. The first-order valence-corrected chi connectivity index (χ1v) is 7.47. The summed E-state index contributed by atoms with van der Waals surface area (Å²) in [4.78, 5) is 13.0. The Morgan fingerprint density at radius 3 is 2.41 bits per heavy atom. The van der Waals surface area contributed by atoms with E-state index in [4.69, 9.17) is 5.73 Å². The fourth-order valence-electron chi connectivity index (χ4n) is 3.12. The highest BCUT2D eigenvalue weighted by molar-refractivity contribution is 6.17. The van der Waals surface area contributed by atoms with Crippen LogP contribution in [0.5, 0.6) is 5.75 Å². The van der Waals surface area contributed by atoms with E-state index in [2.05, 4.69) is 5.32 Å². The van der Waals surface area contributed by atoms with Crippen molar-refractivity contribution in [3.05, 3.63) is 57.6 Å². The Bertz CT molecular complexity index is 766. The molecule has 22 heavy (non-hydrogen) atoms. The quantitative estimate of drug-likeness (QED) is 0.694. The van der Waals surface area contributed by atoms with Gasteiger partial charge in [0.2, 0.25) is 0 Å². The van der Waals surface area contributed by atoms with Crippen molar-refractivity contribution in [2.24, 2.45) is 5.73 Å². The van der Waals surface area contributed by atoms with Crippen molar-refractivity contribution in [1.29, 1.82) is 0 Å². The van der Waals surface area contributed by atoms with Gasteiger partial charge in [-0.1, -0.05) is 12.1 Å². The van der Waals surface area contributed by atoms with Gasteiger partial charge in [0.25, 0.3) is 0 Å². The van der Waals surface area contributed by atoms with Crippen LogP contribution >= 0.6 is 0 Å². The van der Waals surface area contributed by atoms with E-state index in [1.54, 1.807) is 6.07 Å². The predicted molar refractivity (Wildman–Crippen MR) is 87.8 cm³/mol. The van der Waals surface area contributed by atoms with Crippen molar-refractivity contribution in [3.8, 4) is 5.75 Å². The molecule has 114 valence electrons. The highest BCUT2D eigenvalue weighted by Crippen LogP contribution is 2.38. The normalized spacial score (nSPS) is 12.8. The van der Waals surface area contributed by atoms with Crippen LogP contribution < -0.4 is 11.1 Å². The number of carbonyl (C=O) groups is 1. The number of phenolic OH excluding ortho intramolecular Hbond substituents is 1. The standard InChI is InChI=1S/C18H20N2O2/c1-10-3-5-14(20-8-7-19)16-12(10)9-13-11(2)4-6-15(21)17(13)18(16)22/h3-6,20-21H,7-9,19H2,1-2H3. The number of fused-ring (bicyclic) bond motifs is 2. The molecule has 2 aromatic carbocycles. The third kappa shape index (κ3) is 2.16. The predicted octanol–water partition coefficient (Wildman–Crippen LogP) is 2.51. The van der Waals surface area contributed by atoms with Gasteiger partial charge in [0.05, 0.1) is 5.56 Å². The highest BCUT2D eigenvalue weighted by atomic mass is 16.3. The lowest BCUT2D eigenvalue weighted by Gasteiger charge is -2.25. The first-order valence-electron chi connectivity index (χ1n) is 7.47. The number of carbonyl (C=O) groups excluding carboxylic acids is 1. The summed E-state index contributed by atoms with van der Waals surface area (Å²) in [6.45, 7) is 5.09. The average molecular weight is 296 g/mol. The van der Waals surface area contributed by atoms with Gasteiger partial charge in [0.15, 0.2) is 5.78 Å². The van der Waals surface area contributed by atoms with Crippen LogP contribution in [0.15, 0.2) is 24.3 Å². The zero-order valence-corrected chi connectivity index (χ0v) is 12.9. The number of hydrogen-bond acceptors (Lipinski definition) is 4. The SMILES string of the molecule is Cc1ccc(O)c2c1Cc1c(C)ccc(NCCN)c1C2=O. The molecule has 0 saturated carbocycles. The zero-order valence-electron chi connectivity index (χ0n) is 12.9. The molecule has 0 fully saturated rings. The van der Waals surface area contributed by atoms with Gasteiger partial charge in [-0.2, -0.15) is 0 Å². The molecule has 2 aromatic rings. The fraction of sp³-hybridized carbons (Fsp3) is 0.278. The summed E-state index contributed by atoms with van der Waals surface area (Å²) in [6.07, 6.45) is 0.667. The van der Waals surface area contributed by atoms with E-state index in [1.165, 1.54) is 0 Å². The molecule has 0 radical (unpaired) electrons. The van der Waals surface area contributed by atoms with Gasteiger partial charge in [-0.05, 0) is 54.7 Å². The molecule has 0 spiro atoms. The summed E-state index contributed by atoms with van der Waals surface area (Å²) in [5.41, 5.74) is 11.5. The van der Waals surface area contributed by atoms with E-state index < -0.39 is 0 Å². The van der Waals surface area contributed by atoms with Crippen LogP contribution in [0.2, 0.25) is 0 Å². The number of rotatable bonds is 3. The summed E-state index contributed by atoms with van der Waals surface area (Å²) in [5.74, 6) is -0.0526. The van der Waals surface area contributed by atoms with Crippen molar-refractivity contribution in [2.45, 2.75) is 20.3 Å². The Labute approximate surface area is 130 Å². The molecule has 0 bridgehead atoms. The van der Waals surface area contributed by atoms with E-state index in [9.17, 15) is 9.90 Å². The maximum Gasteiger partial charge on any atom is 0.199 e. The smallest absolute Gasteiger partial charge is 0.199 e. The van der Waals surface area contributed by atoms with Gasteiger partial charge in [-0.3, -0.25) is 4.79 Å². The second-order valence-electron chi connectivity index (χ2n) is 5.76. The summed E-state index contributed by atoms with van der Waals surface area (Å²) in [6, 6.07) is 7.39. The molecule has 3 rings (SSSR count). The number of nitrogens with two attached hydrogens (primary N) is 1. The number of ketones is 1. The number of phenols is 1. The summed E-state index contributed by atoms with van der Waals surface area (Å²) >= 11 is 0. The monoisotopic (exact) mass is 296 g/mol. The minimum absolute atomic E-state index is 0.0579. The van der Waals surface area contributed by atoms with Gasteiger partial charge in [-0.25, -0.2) is 0 Å². The van der Waals surface area contributed by atoms with E-state index in [-0.39, 0.29) is 11.5 Å². The molecule has 0 heterocycles. The second-order valence-corrected chi connectivity index (χ2v) is 5.76. The van der Waals surface area contributed by atoms with Gasteiger partial charge < -0.3 is 16.2 Å². The molecule has 0 atom stereocenters. The van der Waals surface area contributed by atoms with Gasteiger partial charge in [0, 0.05) is 24.3 Å². The molecule has 0 amide bonds. The largest absolute Gasteiger partial charge is 0.507 e. The van der Waals surface area contributed by atoms with Crippen molar-refractivity contribution in [2.75, 3.05) is 18.4 Å². The van der Waals surface area contributed by atoms with Crippen molar-refractivity contribution >= 4 is 11.5 Å². The minimum Gasteiger partial charge on any atom is -0.507 e. The first kappa shape index (κ1) is 14.6. The third-order valence-electron chi connectivity index (χ3n) is 4.34. The lowest BCUT2D eigenvalue weighted by atomic mass is 9.80. The molecular formula is C18H20N2O2. The van der Waals surface area contributed by atoms with Gasteiger partial charge in [-0.15, -0.1) is 0 Å². The summed E-state index contributed by atoms with van der Waals surface area (Å²) in [5, 5.41) is 13.4. The molecule has 0 aromatic heterocycles. The van der Waals surface area contributed by atoms with Crippen molar-refractivity contribution < 1.29 is 9.90 Å². The zero-order chi connectivity index (χ0) is 15.9. The topological polar surface area (TPSA) is 75.3 Å². The Hall–Kier alpha value is -2.33. The first-order chi connectivity index (χ1) is 10.5. The minimum atomic E-state index is -0.110. The van der Waals surface area contributed by atoms with Crippen LogP contribution in [0.1, 0.15) is 38.2 Å².